The molecule has 2 rings (SSSR count). The predicted octanol–water partition coefficient (Wildman–Crippen LogP) is 1.31. The lowest BCUT2D eigenvalue weighted by molar-refractivity contribution is -0.299. The van der Waals surface area contributed by atoms with Gasteiger partial charge in [0.2, 0.25) is 0 Å². The van der Waals surface area contributed by atoms with Gasteiger partial charge in [0, 0.05) is 39.5 Å². The van der Waals surface area contributed by atoms with Gasteiger partial charge in [-0.1, -0.05) is 24.3 Å². The third-order valence-electron chi connectivity index (χ3n) is 4.42. The average Bonchev–Trinajstić information content (AvgIpc) is 2.72. The molecule has 1 N–H and O–H groups in total. The molecule has 1 aliphatic heterocycles. The molecule has 8 heteroatoms. The van der Waals surface area contributed by atoms with Gasteiger partial charge in [-0.15, -0.1) is 0 Å². The van der Waals surface area contributed by atoms with E-state index in [1.54, 1.807) is 37.3 Å². The molecule has 1 aliphatic rings. The number of ether oxygens (including phenoxy) is 5. The van der Waals surface area contributed by atoms with E-state index >= 15 is 0 Å². The lowest BCUT2D eigenvalue weighted by Crippen LogP contribution is -2.62. The predicted molar refractivity (Wildman–Crippen MR) is 101 cm³/mol. The Morgan fingerprint density at radius 3 is 2.29 bits per heavy atom. The summed E-state index contributed by atoms with van der Waals surface area (Å²) >= 11 is 0. The molecule has 28 heavy (non-hydrogen) atoms. The molecule has 1 aromatic carbocycles. The second kappa shape index (κ2) is 10.9. The second-order valence-electron chi connectivity index (χ2n) is 6.16. The minimum atomic E-state index is -0.805. The molecule has 1 aromatic rings. The zero-order valence-corrected chi connectivity index (χ0v) is 16.5. The Bertz CT molecular complexity index is 664. The summed E-state index contributed by atoms with van der Waals surface area (Å²) in [6.07, 6.45) is -0.618. The first-order valence-electron chi connectivity index (χ1n) is 8.96. The van der Waals surface area contributed by atoms with Crippen LogP contribution in [0.25, 0.3) is 0 Å². The standard InChI is InChI=1S/C20H27NO7/c1-5-9-15(22)28-16-14(12-21-19(23)13-10-7-6-8-11-13)27-20(26-4)18(25-3)17(16)24-2/h5-11,14,16-18,20H,12H2,1-4H3,(H,21,23)/b9-5+/t14-,16-,17+,18-,20+/m1/s1. The monoisotopic (exact) mass is 393 g/mol. The molecule has 0 aromatic heterocycles. The van der Waals surface area contributed by atoms with Crippen molar-refractivity contribution in [2.75, 3.05) is 27.9 Å². The van der Waals surface area contributed by atoms with Crippen LogP contribution in [0.15, 0.2) is 42.5 Å². The van der Waals surface area contributed by atoms with E-state index in [2.05, 4.69) is 5.32 Å². The maximum absolute atomic E-state index is 12.4. The van der Waals surface area contributed by atoms with Gasteiger partial charge in [-0.3, -0.25) is 4.79 Å². The van der Waals surface area contributed by atoms with E-state index < -0.39 is 36.7 Å². The van der Waals surface area contributed by atoms with E-state index in [1.165, 1.54) is 27.4 Å². The number of carbonyl (C=O) groups excluding carboxylic acids is 2. The Labute approximate surface area is 164 Å². The maximum Gasteiger partial charge on any atom is 0.330 e. The fourth-order valence-corrected chi connectivity index (χ4v) is 3.09. The molecule has 154 valence electrons. The number of benzene rings is 1. The zero-order chi connectivity index (χ0) is 20.5. The van der Waals surface area contributed by atoms with Gasteiger partial charge in [0.1, 0.15) is 18.3 Å². The molecule has 8 nitrogen and oxygen atoms in total. The highest BCUT2D eigenvalue weighted by Gasteiger charge is 2.49. The molecule has 1 heterocycles. The first kappa shape index (κ1) is 22.0. The number of hydrogen-bond donors (Lipinski definition) is 1. The third-order valence-corrected chi connectivity index (χ3v) is 4.42. The van der Waals surface area contributed by atoms with Crippen LogP contribution in [-0.2, 0) is 28.5 Å². The summed E-state index contributed by atoms with van der Waals surface area (Å²) in [6.45, 7) is 1.81. The Hall–Kier alpha value is -2.26. The summed E-state index contributed by atoms with van der Waals surface area (Å²) in [6, 6.07) is 8.79. The molecule has 1 saturated heterocycles. The summed E-state index contributed by atoms with van der Waals surface area (Å²) in [5.41, 5.74) is 0.516. The number of methoxy groups -OCH3 is 3. The van der Waals surface area contributed by atoms with E-state index in [9.17, 15) is 9.59 Å². The van der Waals surface area contributed by atoms with Crippen LogP contribution < -0.4 is 5.32 Å². The van der Waals surface area contributed by atoms with Crippen molar-refractivity contribution in [2.45, 2.75) is 37.6 Å². The van der Waals surface area contributed by atoms with Crippen LogP contribution in [0.3, 0.4) is 0 Å². The van der Waals surface area contributed by atoms with E-state index in [4.69, 9.17) is 23.7 Å². The number of esters is 1. The Kier molecular flexibility index (Phi) is 8.59. The zero-order valence-electron chi connectivity index (χ0n) is 16.5. The van der Waals surface area contributed by atoms with E-state index in [0.29, 0.717) is 5.56 Å². The Morgan fingerprint density at radius 2 is 1.71 bits per heavy atom. The number of rotatable bonds is 8. The molecule has 0 spiro atoms. The van der Waals surface area contributed by atoms with Crippen LogP contribution in [0.1, 0.15) is 17.3 Å². The summed E-state index contributed by atoms with van der Waals surface area (Å²) in [4.78, 5) is 24.4. The average molecular weight is 393 g/mol. The summed E-state index contributed by atoms with van der Waals surface area (Å²) < 4.78 is 27.8. The fourth-order valence-electron chi connectivity index (χ4n) is 3.09. The normalized spacial score (nSPS) is 27.5. The second-order valence-corrected chi connectivity index (χ2v) is 6.16. The van der Waals surface area contributed by atoms with E-state index in [0.717, 1.165) is 0 Å². The number of allylic oxidation sites excluding steroid dienone is 1. The van der Waals surface area contributed by atoms with Crippen molar-refractivity contribution in [1.29, 1.82) is 0 Å². The summed E-state index contributed by atoms with van der Waals surface area (Å²) in [5.74, 6) is -0.803. The van der Waals surface area contributed by atoms with Crippen molar-refractivity contribution in [3.8, 4) is 0 Å². The van der Waals surface area contributed by atoms with Crippen molar-refractivity contribution < 1.29 is 33.3 Å². The van der Waals surface area contributed by atoms with Crippen LogP contribution in [-0.4, -0.2) is 70.5 Å². The fraction of sp³-hybridized carbons (Fsp3) is 0.500. The van der Waals surface area contributed by atoms with Gasteiger partial charge in [-0.2, -0.15) is 0 Å². The van der Waals surface area contributed by atoms with Gasteiger partial charge >= 0.3 is 5.97 Å². The number of amides is 1. The largest absolute Gasteiger partial charge is 0.453 e. The van der Waals surface area contributed by atoms with Gasteiger partial charge in [0.05, 0.1) is 0 Å². The molecular formula is C20H27NO7. The van der Waals surface area contributed by atoms with Gasteiger partial charge in [0.15, 0.2) is 12.4 Å². The summed E-state index contributed by atoms with van der Waals surface area (Å²) in [5, 5.41) is 2.80. The van der Waals surface area contributed by atoms with Crippen molar-refractivity contribution in [2.24, 2.45) is 0 Å². The van der Waals surface area contributed by atoms with Crippen LogP contribution >= 0.6 is 0 Å². The van der Waals surface area contributed by atoms with Gasteiger partial charge in [-0.25, -0.2) is 4.79 Å². The molecule has 0 saturated carbocycles. The quantitative estimate of drug-likeness (QED) is 0.526. The molecule has 0 unspecified atom stereocenters. The van der Waals surface area contributed by atoms with Crippen LogP contribution in [0.5, 0.6) is 0 Å². The SMILES string of the molecule is C/C=C/C(=O)O[C@H]1[C@H](OC)[C@@H](OC)[C@@H](OC)O[C@@H]1CNC(=O)c1ccccc1. The van der Waals surface area contributed by atoms with Crippen molar-refractivity contribution in [3.05, 3.63) is 48.0 Å². The minimum Gasteiger partial charge on any atom is -0.453 e. The minimum absolute atomic E-state index is 0.0949. The number of nitrogens with one attached hydrogen (secondary N) is 1. The van der Waals surface area contributed by atoms with Crippen molar-refractivity contribution in [1.82, 2.24) is 5.32 Å². The lowest BCUT2D eigenvalue weighted by atomic mass is 9.97. The maximum atomic E-state index is 12.4. The number of carbonyl (C=O) groups is 2. The highest BCUT2D eigenvalue weighted by Crippen LogP contribution is 2.28. The Morgan fingerprint density at radius 1 is 1.04 bits per heavy atom. The van der Waals surface area contributed by atoms with E-state index in [1.807, 2.05) is 6.07 Å². The first-order chi connectivity index (χ1) is 13.5. The molecule has 0 bridgehead atoms. The Balaban J connectivity index is 2.18. The molecular weight excluding hydrogens is 366 g/mol. The van der Waals surface area contributed by atoms with Crippen LogP contribution in [0.4, 0.5) is 0 Å². The topological polar surface area (TPSA) is 92.3 Å². The number of hydrogen-bond acceptors (Lipinski definition) is 7. The van der Waals surface area contributed by atoms with Crippen LogP contribution in [0.2, 0.25) is 0 Å². The van der Waals surface area contributed by atoms with Crippen LogP contribution in [0, 0.1) is 0 Å². The lowest BCUT2D eigenvalue weighted by Gasteiger charge is -2.44. The van der Waals surface area contributed by atoms with E-state index in [-0.39, 0.29) is 12.5 Å². The molecule has 0 radical (unpaired) electrons. The molecule has 1 amide bonds. The third kappa shape index (κ3) is 5.39. The van der Waals surface area contributed by atoms with Gasteiger partial charge < -0.3 is 29.0 Å². The highest BCUT2D eigenvalue weighted by molar-refractivity contribution is 5.94. The molecule has 0 aliphatic carbocycles. The van der Waals surface area contributed by atoms with Gasteiger partial charge in [-0.05, 0) is 19.1 Å². The molecule has 5 atom stereocenters. The van der Waals surface area contributed by atoms with Gasteiger partial charge in [0.25, 0.3) is 5.91 Å². The molecule has 1 fully saturated rings. The summed E-state index contributed by atoms with van der Waals surface area (Å²) in [7, 11) is 4.47. The highest BCUT2D eigenvalue weighted by atomic mass is 16.7. The van der Waals surface area contributed by atoms with Crippen molar-refractivity contribution in [3.63, 3.8) is 0 Å². The smallest absolute Gasteiger partial charge is 0.330 e. The van der Waals surface area contributed by atoms with Crippen molar-refractivity contribution >= 4 is 11.9 Å². The first-order valence-corrected chi connectivity index (χ1v) is 8.96.